The molecule has 7 heteroatoms. The van der Waals surface area contributed by atoms with E-state index in [1.807, 2.05) is 0 Å². The molecule has 0 aliphatic carbocycles. The van der Waals surface area contributed by atoms with Crippen LogP contribution in [0, 0.1) is 32.8 Å². The van der Waals surface area contributed by atoms with Gasteiger partial charge >= 0.3 is 0 Å². The first-order chi connectivity index (χ1) is 9.02. The summed E-state index contributed by atoms with van der Waals surface area (Å²) in [6, 6.07) is 6.92. The molecule has 0 aliphatic heterocycles. The number of hydrogen-bond acceptors (Lipinski definition) is 6. The van der Waals surface area contributed by atoms with E-state index in [9.17, 15) is 20.3 Å². The Balaban J connectivity index is 3.14. The third kappa shape index (κ3) is 1.58. The number of phenolic OH excluding ortho intramolecular Hbond substituents is 2. The number of aromatic hydroxyl groups is 2. The largest absolute Gasteiger partial charge is 0.506 e. The summed E-state index contributed by atoms with van der Waals surface area (Å²) >= 11 is 0. The van der Waals surface area contributed by atoms with E-state index in [2.05, 4.69) is 0 Å². The first kappa shape index (κ1) is 12.1. The number of nitro benzene ring substituents is 1. The molecular weight excluding hydrogens is 250 g/mol. The van der Waals surface area contributed by atoms with E-state index in [1.165, 1.54) is 12.1 Å². The molecule has 0 saturated carbocycles. The summed E-state index contributed by atoms with van der Waals surface area (Å²) in [6.45, 7) is 0. The molecule has 0 fully saturated rings. The minimum Gasteiger partial charge on any atom is -0.506 e. The summed E-state index contributed by atoms with van der Waals surface area (Å²) in [6.07, 6.45) is 0. The van der Waals surface area contributed by atoms with Gasteiger partial charge in [-0.3, -0.25) is 10.1 Å². The predicted octanol–water partition coefficient (Wildman–Crippen LogP) is 1.90. The van der Waals surface area contributed by atoms with Gasteiger partial charge in [-0.2, -0.15) is 10.5 Å². The number of hydrogen-bond donors (Lipinski definition) is 2. The zero-order chi connectivity index (χ0) is 14.2. The summed E-state index contributed by atoms with van der Waals surface area (Å²) in [5.41, 5.74) is -1.35. The standard InChI is InChI=1S/C12H5N3O4/c13-4-7-8(5-14)12(17)10-6(11(7)16)2-1-3-9(10)15(18)19/h1-3,16-17H. The number of nitro groups is 1. The number of nitrogens with zero attached hydrogens (tertiary/aromatic N) is 3. The molecule has 0 amide bonds. The molecule has 0 aromatic heterocycles. The molecule has 92 valence electrons. The van der Waals surface area contributed by atoms with Crippen molar-refractivity contribution in [1.82, 2.24) is 0 Å². The Morgan fingerprint density at radius 1 is 1.11 bits per heavy atom. The average Bonchev–Trinajstić information content (AvgIpc) is 2.41. The molecule has 0 spiro atoms. The highest BCUT2D eigenvalue weighted by Gasteiger charge is 2.24. The lowest BCUT2D eigenvalue weighted by atomic mass is 9.98. The predicted molar refractivity (Wildman–Crippen MR) is 63.4 cm³/mol. The van der Waals surface area contributed by atoms with E-state index >= 15 is 0 Å². The van der Waals surface area contributed by atoms with E-state index < -0.39 is 33.2 Å². The highest BCUT2D eigenvalue weighted by Crippen LogP contribution is 2.42. The van der Waals surface area contributed by atoms with Crippen molar-refractivity contribution in [3.05, 3.63) is 39.4 Å². The maximum absolute atomic E-state index is 10.9. The van der Waals surface area contributed by atoms with Crippen molar-refractivity contribution in [1.29, 1.82) is 10.5 Å². The van der Waals surface area contributed by atoms with Gasteiger partial charge in [0.1, 0.15) is 40.2 Å². The molecule has 0 atom stereocenters. The van der Waals surface area contributed by atoms with E-state index in [0.29, 0.717) is 0 Å². The Morgan fingerprint density at radius 2 is 1.68 bits per heavy atom. The molecule has 0 unspecified atom stereocenters. The third-order valence-corrected chi connectivity index (χ3v) is 2.68. The molecule has 7 nitrogen and oxygen atoms in total. The van der Waals surface area contributed by atoms with Gasteiger partial charge < -0.3 is 10.2 Å². The molecule has 0 heterocycles. The van der Waals surface area contributed by atoms with Crippen molar-refractivity contribution >= 4 is 16.5 Å². The van der Waals surface area contributed by atoms with Gasteiger partial charge in [0.05, 0.1) is 4.92 Å². The van der Waals surface area contributed by atoms with E-state index in [4.69, 9.17) is 10.5 Å². The second-order valence-electron chi connectivity index (χ2n) is 3.63. The SMILES string of the molecule is N#Cc1c(C#N)c(O)c2c([N+](=O)[O-])cccc2c1O. The Morgan fingerprint density at radius 3 is 2.21 bits per heavy atom. The zero-order valence-electron chi connectivity index (χ0n) is 9.28. The van der Waals surface area contributed by atoms with Crippen LogP contribution < -0.4 is 0 Å². The Hall–Kier alpha value is -3.32. The van der Waals surface area contributed by atoms with Crippen LogP contribution in [-0.2, 0) is 0 Å². The van der Waals surface area contributed by atoms with Crippen molar-refractivity contribution < 1.29 is 15.1 Å². The number of fused-ring (bicyclic) bond motifs is 1. The van der Waals surface area contributed by atoms with E-state index in [-0.39, 0.29) is 10.8 Å². The van der Waals surface area contributed by atoms with Crippen LogP contribution in [0.25, 0.3) is 10.8 Å². The fourth-order valence-corrected chi connectivity index (χ4v) is 1.85. The first-order valence-electron chi connectivity index (χ1n) is 4.98. The fourth-order valence-electron chi connectivity index (χ4n) is 1.85. The third-order valence-electron chi connectivity index (χ3n) is 2.68. The van der Waals surface area contributed by atoms with Crippen LogP contribution in [0.3, 0.4) is 0 Å². The lowest BCUT2D eigenvalue weighted by Gasteiger charge is -2.08. The zero-order valence-corrected chi connectivity index (χ0v) is 9.28. The molecule has 0 bridgehead atoms. The van der Waals surface area contributed by atoms with Gasteiger partial charge in [-0.25, -0.2) is 0 Å². The number of phenols is 2. The maximum Gasteiger partial charge on any atom is 0.281 e. The molecule has 2 aromatic carbocycles. The summed E-state index contributed by atoms with van der Waals surface area (Å²) < 4.78 is 0. The van der Waals surface area contributed by atoms with Crippen molar-refractivity contribution in [3.63, 3.8) is 0 Å². The molecule has 2 aromatic rings. The van der Waals surface area contributed by atoms with Crippen LogP contribution in [0.4, 0.5) is 5.69 Å². The van der Waals surface area contributed by atoms with Crippen molar-refractivity contribution in [3.8, 4) is 23.6 Å². The van der Waals surface area contributed by atoms with Crippen LogP contribution in [-0.4, -0.2) is 15.1 Å². The second-order valence-corrected chi connectivity index (χ2v) is 3.63. The van der Waals surface area contributed by atoms with Gasteiger partial charge in [-0.05, 0) is 6.07 Å². The normalized spacial score (nSPS) is 9.79. The smallest absolute Gasteiger partial charge is 0.281 e. The van der Waals surface area contributed by atoms with Gasteiger partial charge in [-0.1, -0.05) is 6.07 Å². The second kappa shape index (κ2) is 4.17. The number of nitriles is 2. The number of non-ortho nitro benzene ring substituents is 1. The van der Waals surface area contributed by atoms with Gasteiger partial charge in [0.2, 0.25) is 0 Å². The maximum atomic E-state index is 10.9. The number of rotatable bonds is 1. The molecule has 19 heavy (non-hydrogen) atoms. The topological polar surface area (TPSA) is 131 Å². The minimum absolute atomic E-state index is 0.0535. The van der Waals surface area contributed by atoms with Crippen molar-refractivity contribution in [2.24, 2.45) is 0 Å². The Labute approximate surface area is 106 Å². The molecule has 0 aliphatic rings. The lowest BCUT2D eigenvalue weighted by Crippen LogP contribution is -1.94. The van der Waals surface area contributed by atoms with Gasteiger partial charge in [0.15, 0.2) is 0 Å². The molecule has 2 rings (SSSR count). The Kier molecular flexibility index (Phi) is 2.66. The molecule has 0 radical (unpaired) electrons. The van der Waals surface area contributed by atoms with Crippen molar-refractivity contribution in [2.45, 2.75) is 0 Å². The van der Waals surface area contributed by atoms with Crippen molar-refractivity contribution in [2.75, 3.05) is 0 Å². The summed E-state index contributed by atoms with van der Waals surface area (Å²) in [4.78, 5) is 10.2. The van der Waals surface area contributed by atoms with Crippen LogP contribution >= 0.6 is 0 Å². The molecule has 0 saturated heterocycles. The van der Waals surface area contributed by atoms with E-state index in [0.717, 1.165) is 6.07 Å². The Bertz CT molecular complexity index is 799. The number of benzene rings is 2. The highest BCUT2D eigenvalue weighted by atomic mass is 16.6. The van der Waals surface area contributed by atoms with Gasteiger partial charge in [0.25, 0.3) is 5.69 Å². The molecule has 2 N–H and O–H groups in total. The first-order valence-corrected chi connectivity index (χ1v) is 4.98. The monoisotopic (exact) mass is 255 g/mol. The average molecular weight is 255 g/mol. The van der Waals surface area contributed by atoms with Crippen LogP contribution in [0.1, 0.15) is 11.1 Å². The lowest BCUT2D eigenvalue weighted by molar-refractivity contribution is -0.383. The summed E-state index contributed by atoms with van der Waals surface area (Å²) in [5, 5.41) is 48.2. The minimum atomic E-state index is -0.741. The fraction of sp³-hybridized carbons (Fsp3) is 0. The summed E-state index contributed by atoms with van der Waals surface area (Å²) in [5.74, 6) is -1.24. The van der Waals surface area contributed by atoms with Crippen LogP contribution in [0.15, 0.2) is 18.2 Å². The van der Waals surface area contributed by atoms with Gasteiger partial charge in [-0.15, -0.1) is 0 Å². The van der Waals surface area contributed by atoms with Crippen LogP contribution in [0.5, 0.6) is 11.5 Å². The van der Waals surface area contributed by atoms with E-state index in [1.54, 1.807) is 12.1 Å². The summed E-state index contributed by atoms with van der Waals surface area (Å²) in [7, 11) is 0. The molecular formula is C12H5N3O4. The quantitative estimate of drug-likeness (QED) is 0.454. The highest BCUT2D eigenvalue weighted by molar-refractivity contribution is 6.02. The van der Waals surface area contributed by atoms with Gasteiger partial charge in [0, 0.05) is 11.5 Å². The van der Waals surface area contributed by atoms with Crippen LogP contribution in [0.2, 0.25) is 0 Å².